The lowest BCUT2D eigenvalue weighted by Gasteiger charge is -2.35. The molecule has 5 heteroatoms. The first-order chi connectivity index (χ1) is 9.65. The highest BCUT2D eigenvalue weighted by Crippen LogP contribution is 2.31. The maximum Gasteiger partial charge on any atom is 0.225 e. The van der Waals surface area contributed by atoms with Crippen molar-refractivity contribution < 1.29 is 4.79 Å². The average molecular weight is 274 g/mol. The van der Waals surface area contributed by atoms with Gasteiger partial charge in [-0.2, -0.15) is 0 Å². The lowest BCUT2D eigenvalue weighted by atomic mass is 10.1. The van der Waals surface area contributed by atoms with Crippen LogP contribution in [0.3, 0.4) is 0 Å². The van der Waals surface area contributed by atoms with Crippen LogP contribution >= 0.6 is 0 Å². The largest absolute Gasteiger partial charge is 0.339 e. The van der Waals surface area contributed by atoms with Crippen LogP contribution in [0.5, 0.6) is 0 Å². The summed E-state index contributed by atoms with van der Waals surface area (Å²) in [6, 6.07) is 1.97. The molecule has 1 aliphatic heterocycles. The molecular formula is C15H22N4O. The van der Waals surface area contributed by atoms with Crippen molar-refractivity contribution in [1.29, 1.82) is 0 Å². The first-order valence-electron chi connectivity index (χ1n) is 7.52. The Balaban J connectivity index is 1.62. The van der Waals surface area contributed by atoms with Crippen LogP contribution in [0.15, 0.2) is 12.3 Å². The number of anilines is 1. The summed E-state index contributed by atoms with van der Waals surface area (Å²) in [5, 5.41) is 0. The molecule has 108 valence electrons. The van der Waals surface area contributed by atoms with Gasteiger partial charge in [0.25, 0.3) is 0 Å². The van der Waals surface area contributed by atoms with E-state index in [0.29, 0.717) is 17.7 Å². The predicted octanol–water partition coefficient (Wildman–Crippen LogP) is 1.66. The van der Waals surface area contributed by atoms with Crippen molar-refractivity contribution in [3.8, 4) is 0 Å². The Bertz CT molecular complexity index is 490. The minimum absolute atomic E-state index is 0.321. The van der Waals surface area contributed by atoms with Gasteiger partial charge in [-0.3, -0.25) is 4.79 Å². The summed E-state index contributed by atoms with van der Waals surface area (Å²) in [5.41, 5.74) is 1.08. The molecule has 1 saturated heterocycles. The second-order valence-corrected chi connectivity index (χ2v) is 6.02. The van der Waals surface area contributed by atoms with Crippen molar-refractivity contribution in [3.05, 3.63) is 18.0 Å². The zero-order chi connectivity index (χ0) is 14.1. The maximum absolute atomic E-state index is 12.0. The summed E-state index contributed by atoms with van der Waals surface area (Å²) in [6.45, 7) is 7.53. The highest BCUT2D eigenvalue weighted by molar-refractivity contribution is 5.81. The lowest BCUT2D eigenvalue weighted by Crippen LogP contribution is -2.49. The number of piperazine rings is 1. The van der Waals surface area contributed by atoms with Crippen LogP contribution in [0.1, 0.15) is 38.3 Å². The summed E-state index contributed by atoms with van der Waals surface area (Å²) in [7, 11) is 0. The van der Waals surface area contributed by atoms with Gasteiger partial charge in [0, 0.05) is 44.0 Å². The molecule has 1 amide bonds. The number of rotatable bonds is 3. The van der Waals surface area contributed by atoms with Crippen molar-refractivity contribution in [2.75, 3.05) is 31.1 Å². The van der Waals surface area contributed by atoms with Crippen molar-refractivity contribution in [2.45, 2.75) is 32.6 Å². The van der Waals surface area contributed by atoms with E-state index >= 15 is 0 Å². The van der Waals surface area contributed by atoms with E-state index in [4.69, 9.17) is 0 Å². The molecule has 1 aliphatic carbocycles. The van der Waals surface area contributed by atoms with Crippen molar-refractivity contribution in [3.63, 3.8) is 0 Å². The summed E-state index contributed by atoms with van der Waals surface area (Å²) in [5.74, 6) is 1.88. The molecule has 2 heterocycles. The van der Waals surface area contributed by atoms with Crippen LogP contribution in [0, 0.1) is 5.92 Å². The molecule has 1 aromatic heterocycles. The number of amides is 1. The Morgan fingerprint density at radius 2 is 1.95 bits per heavy atom. The number of nitrogens with zero attached hydrogens (tertiary/aromatic N) is 4. The number of carbonyl (C=O) groups is 1. The molecule has 0 atom stereocenters. The number of hydrogen-bond donors (Lipinski definition) is 0. The van der Waals surface area contributed by atoms with Crippen LogP contribution in [0.25, 0.3) is 0 Å². The third kappa shape index (κ3) is 2.76. The molecule has 3 rings (SSSR count). The minimum Gasteiger partial charge on any atom is -0.339 e. The van der Waals surface area contributed by atoms with Crippen LogP contribution in [0.4, 0.5) is 5.95 Å². The minimum atomic E-state index is 0.321. The molecule has 2 aliphatic rings. The van der Waals surface area contributed by atoms with E-state index in [9.17, 15) is 4.79 Å². The van der Waals surface area contributed by atoms with Gasteiger partial charge in [0.05, 0.1) is 0 Å². The fraction of sp³-hybridized carbons (Fsp3) is 0.667. The van der Waals surface area contributed by atoms with Crippen molar-refractivity contribution >= 4 is 11.9 Å². The molecule has 1 saturated carbocycles. The van der Waals surface area contributed by atoms with E-state index in [2.05, 4.69) is 28.7 Å². The summed E-state index contributed by atoms with van der Waals surface area (Å²) in [6.07, 6.45) is 4.00. The van der Waals surface area contributed by atoms with E-state index in [0.717, 1.165) is 50.7 Å². The van der Waals surface area contributed by atoms with Gasteiger partial charge in [-0.1, -0.05) is 13.8 Å². The second-order valence-electron chi connectivity index (χ2n) is 6.02. The third-order valence-electron chi connectivity index (χ3n) is 4.06. The number of hydrogen-bond acceptors (Lipinski definition) is 4. The Kier molecular flexibility index (Phi) is 3.59. The second kappa shape index (κ2) is 5.38. The summed E-state index contributed by atoms with van der Waals surface area (Å²) >= 11 is 0. The Labute approximate surface area is 120 Å². The summed E-state index contributed by atoms with van der Waals surface area (Å²) < 4.78 is 0. The third-order valence-corrected chi connectivity index (χ3v) is 4.06. The van der Waals surface area contributed by atoms with Crippen LogP contribution in [-0.2, 0) is 4.79 Å². The molecule has 1 aromatic rings. The van der Waals surface area contributed by atoms with Crippen molar-refractivity contribution in [2.24, 2.45) is 5.92 Å². The number of aromatic nitrogens is 2. The highest BCUT2D eigenvalue weighted by atomic mass is 16.2. The molecule has 0 radical (unpaired) electrons. The normalized spacial score (nSPS) is 19.6. The first kappa shape index (κ1) is 13.3. The molecule has 0 unspecified atom stereocenters. The topological polar surface area (TPSA) is 49.3 Å². The molecule has 0 aromatic carbocycles. The molecule has 0 bridgehead atoms. The van der Waals surface area contributed by atoms with Crippen LogP contribution in [0.2, 0.25) is 0 Å². The van der Waals surface area contributed by atoms with Gasteiger partial charge in [-0.25, -0.2) is 9.97 Å². The smallest absolute Gasteiger partial charge is 0.225 e. The van der Waals surface area contributed by atoms with E-state index in [1.54, 1.807) is 0 Å². The molecule has 20 heavy (non-hydrogen) atoms. The van der Waals surface area contributed by atoms with Gasteiger partial charge in [-0.05, 0) is 24.8 Å². The van der Waals surface area contributed by atoms with E-state index in [1.807, 2.05) is 17.2 Å². The quantitative estimate of drug-likeness (QED) is 0.841. The standard InChI is InChI=1S/C15H22N4O/c1-11(2)13-5-6-16-15(17-13)19-9-7-18(8-10-19)14(20)12-3-4-12/h5-6,11-12H,3-4,7-10H2,1-2H3. The zero-order valence-corrected chi connectivity index (χ0v) is 12.2. The average Bonchev–Trinajstić information content (AvgIpc) is 3.31. The van der Waals surface area contributed by atoms with Gasteiger partial charge in [0.1, 0.15) is 0 Å². The number of carbonyl (C=O) groups excluding carboxylic acids is 1. The fourth-order valence-electron chi connectivity index (χ4n) is 2.55. The fourth-order valence-corrected chi connectivity index (χ4v) is 2.55. The SMILES string of the molecule is CC(C)c1ccnc(N2CCN(C(=O)C3CC3)CC2)n1. The lowest BCUT2D eigenvalue weighted by molar-refractivity contribution is -0.132. The zero-order valence-electron chi connectivity index (χ0n) is 12.2. The molecule has 0 spiro atoms. The Hall–Kier alpha value is -1.65. The van der Waals surface area contributed by atoms with Crippen molar-refractivity contribution in [1.82, 2.24) is 14.9 Å². The van der Waals surface area contributed by atoms with Crippen LogP contribution in [-0.4, -0.2) is 47.0 Å². The molecule has 5 nitrogen and oxygen atoms in total. The van der Waals surface area contributed by atoms with E-state index in [1.165, 1.54) is 0 Å². The van der Waals surface area contributed by atoms with Crippen LogP contribution < -0.4 is 4.90 Å². The highest BCUT2D eigenvalue weighted by Gasteiger charge is 2.34. The maximum atomic E-state index is 12.0. The van der Waals surface area contributed by atoms with E-state index < -0.39 is 0 Å². The summed E-state index contributed by atoms with van der Waals surface area (Å²) in [4.78, 5) is 25.2. The van der Waals surface area contributed by atoms with Gasteiger partial charge in [-0.15, -0.1) is 0 Å². The van der Waals surface area contributed by atoms with Gasteiger partial charge < -0.3 is 9.80 Å². The molecular weight excluding hydrogens is 252 g/mol. The predicted molar refractivity (Wildman–Crippen MR) is 77.6 cm³/mol. The first-order valence-corrected chi connectivity index (χ1v) is 7.52. The van der Waals surface area contributed by atoms with E-state index in [-0.39, 0.29) is 0 Å². The Morgan fingerprint density at radius 3 is 2.55 bits per heavy atom. The monoisotopic (exact) mass is 274 g/mol. The Morgan fingerprint density at radius 1 is 1.25 bits per heavy atom. The van der Waals surface area contributed by atoms with Gasteiger partial charge in [0.2, 0.25) is 11.9 Å². The molecule has 0 N–H and O–H groups in total. The van der Waals surface area contributed by atoms with Gasteiger partial charge >= 0.3 is 0 Å². The molecule has 2 fully saturated rings. The van der Waals surface area contributed by atoms with Gasteiger partial charge in [0.15, 0.2) is 0 Å².